The highest BCUT2D eigenvalue weighted by atomic mass is 32.2. The summed E-state index contributed by atoms with van der Waals surface area (Å²) in [6, 6.07) is 6.27. The average Bonchev–Trinajstić information content (AvgIpc) is 2.93. The maximum Gasteiger partial charge on any atom is 0.419 e. The SMILES string of the molecule is CCCOc1ccc(C(F)(F)F)cc1NS(=O)(=O)c1ccc2c(c1)oc(=O)n2C. The summed E-state index contributed by atoms with van der Waals surface area (Å²) in [5.74, 6) is -0.702. The zero-order chi connectivity index (χ0) is 21.4. The van der Waals surface area contributed by atoms with E-state index in [2.05, 4.69) is 4.72 Å². The van der Waals surface area contributed by atoms with Gasteiger partial charge < -0.3 is 9.15 Å². The molecule has 0 fully saturated rings. The Balaban J connectivity index is 2.03. The lowest BCUT2D eigenvalue weighted by molar-refractivity contribution is -0.137. The van der Waals surface area contributed by atoms with Crippen LogP contribution in [-0.2, 0) is 23.2 Å². The van der Waals surface area contributed by atoms with Gasteiger partial charge in [0.25, 0.3) is 10.0 Å². The van der Waals surface area contributed by atoms with E-state index in [1.165, 1.54) is 23.7 Å². The number of hydrogen-bond donors (Lipinski definition) is 1. The van der Waals surface area contributed by atoms with Crippen LogP contribution in [0.15, 0.2) is 50.5 Å². The number of rotatable bonds is 6. The fraction of sp³-hybridized carbons (Fsp3) is 0.278. The number of oxazole rings is 1. The minimum absolute atomic E-state index is 0.0317. The number of ether oxygens (including phenoxy) is 1. The van der Waals surface area contributed by atoms with Crippen LogP contribution in [0.4, 0.5) is 18.9 Å². The van der Waals surface area contributed by atoms with Gasteiger partial charge in [0, 0.05) is 13.1 Å². The molecule has 0 aliphatic carbocycles. The number of fused-ring (bicyclic) bond motifs is 1. The fourth-order valence-corrected chi connectivity index (χ4v) is 3.69. The van der Waals surface area contributed by atoms with Gasteiger partial charge in [-0.25, -0.2) is 13.2 Å². The molecule has 7 nitrogen and oxygen atoms in total. The Labute approximate surface area is 163 Å². The number of alkyl halides is 3. The lowest BCUT2D eigenvalue weighted by Gasteiger charge is -2.16. The predicted molar refractivity (Wildman–Crippen MR) is 99.5 cm³/mol. The average molecular weight is 430 g/mol. The van der Waals surface area contributed by atoms with Gasteiger partial charge in [-0.05, 0) is 36.8 Å². The second-order valence-electron chi connectivity index (χ2n) is 6.22. The fourth-order valence-electron chi connectivity index (χ4n) is 2.61. The van der Waals surface area contributed by atoms with E-state index in [1.54, 1.807) is 6.92 Å². The molecule has 0 spiro atoms. The molecule has 0 radical (unpaired) electrons. The zero-order valence-electron chi connectivity index (χ0n) is 15.4. The number of hydrogen-bond acceptors (Lipinski definition) is 5. The first-order valence-corrected chi connectivity index (χ1v) is 9.97. The van der Waals surface area contributed by atoms with Gasteiger partial charge in [-0.3, -0.25) is 9.29 Å². The molecule has 1 N–H and O–H groups in total. The van der Waals surface area contributed by atoms with E-state index in [1.807, 2.05) is 0 Å². The Hall–Kier alpha value is -2.95. The normalized spacial score (nSPS) is 12.3. The van der Waals surface area contributed by atoms with E-state index in [-0.39, 0.29) is 28.5 Å². The molecule has 2 aromatic carbocycles. The van der Waals surface area contributed by atoms with Gasteiger partial charge in [0.05, 0.1) is 28.3 Å². The summed E-state index contributed by atoms with van der Waals surface area (Å²) in [6.07, 6.45) is -4.08. The first kappa shape index (κ1) is 20.8. The van der Waals surface area contributed by atoms with Crippen molar-refractivity contribution in [2.75, 3.05) is 11.3 Å². The van der Waals surface area contributed by atoms with Crippen LogP contribution in [0, 0.1) is 0 Å². The summed E-state index contributed by atoms with van der Waals surface area (Å²) >= 11 is 0. The molecule has 0 unspecified atom stereocenters. The van der Waals surface area contributed by atoms with Crippen molar-refractivity contribution < 1.29 is 30.7 Å². The second kappa shape index (κ2) is 7.47. The van der Waals surface area contributed by atoms with Crippen LogP contribution in [0.5, 0.6) is 5.75 Å². The number of nitrogens with zero attached hydrogens (tertiary/aromatic N) is 1. The van der Waals surface area contributed by atoms with E-state index in [0.717, 1.165) is 18.2 Å². The number of aryl methyl sites for hydroxylation is 1. The molecule has 0 saturated heterocycles. The van der Waals surface area contributed by atoms with Gasteiger partial charge in [-0.1, -0.05) is 6.92 Å². The van der Waals surface area contributed by atoms with Gasteiger partial charge in [0.15, 0.2) is 5.58 Å². The smallest absolute Gasteiger partial charge is 0.419 e. The van der Waals surface area contributed by atoms with Crippen molar-refractivity contribution in [2.24, 2.45) is 7.05 Å². The summed E-state index contributed by atoms with van der Waals surface area (Å²) in [7, 11) is -2.83. The van der Waals surface area contributed by atoms with Crippen LogP contribution >= 0.6 is 0 Å². The second-order valence-corrected chi connectivity index (χ2v) is 7.90. The molecule has 3 rings (SSSR count). The van der Waals surface area contributed by atoms with Crippen LogP contribution in [0.25, 0.3) is 11.1 Å². The molecule has 0 aliphatic rings. The quantitative estimate of drug-likeness (QED) is 0.643. The minimum Gasteiger partial charge on any atom is -0.491 e. The van der Waals surface area contributed by atoms with Crippen molar-refractivity contribution in [3.63, 3.8) is 0 Å². The number of nitrogens with one attached hydrogen (secondary N) is 1. The van der Waals surface area contributed by atoms with Crippen molar-refractivity contribution in [1.82, 2.24) is 4.57 Å². The largest absolute Gasteiger partial charge is 0.491 e. The van der Waals surface area contributed by atoms with Crippen LogP contribution in [-0.4, -0.2) is 19.6 Å². The summed E-state index contributed by atoms with van der Waals surface area (Å²) in [6.45, 7) is 2.00. The summed E-state index contributed by atoms with van der Waals surface area (Å²) in [5.41, 5.74) is -0.960. The van der Waals surface area contributed by atoms with E-state index in [4.69, 9.17) is 9.15 Å². The van der Waals surface area contributed by atoms with Crippen molar-refractivity contribution in [2.45, 2.75) is 24.4 Å². The lowest BCUT2D eigenvalue weighted by atomic mass is 10.2. The Kier molecular flexibility index (Phi) is 5.35. The standard InChI is InChI=1S/C18H17F3N2O5S/c1-3-8-27-15-7-4-11(18(19,20)21)9-13(15)22-29(25,26)12-5-6-14-16(10-12)28-17(24)23(14)2/h4-7,9-10,22H,3,8H2,1-2H3. The van der Waals surface area contributed by atoms with Gasteiger partial charge in [0.1, 0.15) is 5.75 Å². The number of aromatic nitrogens is 1. The number of sulfonamides is 1. The maximum atomic E-state index is 13.1. The van der Waals surface area contributed by atoms with Crippen molar-refractivity contribution in [3.8, 4) is 5.75 Å². The van der Waals surface area contributed by atoms with Crippen LogP contribution in [0.3, 0.4) is 0 Å². The molecule has 29 heavy (non-hydrogen) atoms. The van der Waals surface area contributed by atoms with Gasteiger partial charge in [-0.15, -0.1) is 0 Å². The molecule has 0 aliphatic heterocycles. The van der Waals surface area contributed by atoms with Crippen LogP contribution < -0.4 is 15.2 Å². The van der Waals surface area contributed by atoms with Gasteiger partial charge >= 0.3 is 11.9 Å². The molecular formula is C18H17F3N2O5S. The van der Waals surface area contributed by atoms with Crippen LogP contribution in [0.2, 0.25) is 0 Å². The van der Waals surface area contributed by atoms with Gasteiger partial charge in [0.2, 0.25) is 0 Å². The first-order valence-electron chi connectivity index (χ1n) is 8.49. The number of anilines is 1. The van der Waals surface area contributed by atoms with Crippen molar-refractivity contribution >= 4 is 26.8 Å². The topological polar surface area (TPSA) is 90.5 Å². The molecule has 0 amide bonds. The Morgan fingerprint density at radius 2 is 1.90 bits per heavy atom. The Morgan fingerprint density at radius 1 is 1.17 bits per heavy atom. The first-order chi connectivity index (χ1) is 13.5. The molecule has 11 heteroatoms. The molecule has 0 saturated carbocycles. The zero-order valence-corrected chi connectivity index (χ0v) is 16.2. The van der Waals surface area contributed by atoms with E-state index < -0.39 is 27.5 Å². The molecular weight excluding hydrogens is 413 g/mol. The third-order valence-electron chi connectivity index (χ3n) is 4.09. The molecule has 3 aromatic rings. The third-order valence-corrected chi connectivity index (χ3v) is 5.45. The Morgan fingerprint density at radius 3 is 2.55 bits per heavy atom. The highest BCUT2D eigenvalue weighted by Gasteiger charge is 2.32. The number of halogens is 3. The Bertz CT molecular complexity index is 1210. The van der Waals surface area contributed by atoms with Gasteiger partial charge in [-0.2, -0.15) is 13.2 Å². The predicted octanol–water partition coefficient (Wildman–Crippen LogP) is 3.74. The summed E-state index contributed by atoms with van der Waals surface area (Å²) < 4.78 is 78.3. The highest BCUT2D eigenvalue weighted by molar-refractivity contribution is 7.92. The summed E-state index contributed by atoms with van der Waals surface area (Å²) in [5, 5.41) is 0. The number of benzene rings is 2. The molecule has 0 atom stereocenters. The maximum absolute atomic E-state index is 13.1. The van der Waals surface area contributed by atoms with E-state index >= 15 is 0 Å². The summed E-state index contributed by atoms with van der Waals surface area (Å²) in [4.78, 5) is 11.3. The monoisotopic (exact) mass is 430 g/mol. The third kappa shape index (κ3) is 4.24. The minimum atomic E-state index is -4.66. The molecule has 1 aromatic heterocycles. The highest BCUT2D eigenvalue weighted by Crippen LogP contribution is 2.36. The van der Waals surface area contributed by atoms with Crippen molar-refractivity contribution in [1.29, 1.82) is 0 Å². The van der Waals surface area contributed by atoms with Crippen molar-refractivity contribution in [3.05, 3.63) is 52.5 Å². The lowest BCUT2D eigenvalue weighted by Crippen LogP contribution is -2.15. The van der Waals surface area contributed by atoms with E-state index in [9.17, 15) is 26.4 Å². The molecule has 156 valence electrons. The van der Waals surface area contributed by atoms with Crippen LogP contribution in [0.1, 0.15) is 18.9 Å². The molecule has 0 bridgehead atoms. The molecule has 1 heterocycles. The van der Waals surface area contributed by atoms with E-state index in [0.29, 0.717) is 18.0 Å².